The Hall–Kier alpha value is -0.700. The maximum Gasteiger partial charge on any atom is 0.261 e. The van der Waals surface area contributed by atoms with E-state index in [-0.39, 0.29) is 11.9 Å². The van der Waals surface area contributed by atoms with Crippen LogP contribution in [-0.4, -0.2) is 42.7 Å². The molecule has 0 bridgehead atoms. The summed E-state index contributed by atoms with van der Waals surface area (Å²) < 4.78 is 39.5. The monoisotopic (exact) mass is 294 g/mol. The number of rotatable bonds is 6. The molecule has 8 heteroatoms. The summed E-state index contributed by atoms with van der Waals surface area (Å²) in [6.07, 6.45) is 2.97. The van der Waals surface area contributed by atoms with Gasteiger partial charge in [0.15, 0.2) is 5.82 Å². The van der Waals surface area contributed by atoms with Gasteiger partial charge in [0.05, 0.1) is 6.61 Å². The Labute approximate surface area is 110 Å². The van der Waals surface area contributed by atoms with E-state index in [1.54, 1.807) is 13.2 Å². The Kier molecular flexibility index (Phi) is 5.51. The van der Waals surface area contributed by atoms with Crippen LogP contribution in [-0.2, 0) is 10.0 Å². The van der Waals surface area contributed by atoms with Gasteiger partial charge in [0.25, 0.3) is 10.0 Å². The number of aliphatic hydroxyl groups excluding tert-OH is 1. The van der Waals surface area contributed by atoms with E-state index >= 15 is 0 Å². The van der Waals surface area contributed by atoms with Crippen LogP contribution in [0, 0.1) is 5.82 Å². The summed E-state index contributed by atoms with van der Waals surface area (Å²) in [6, 6.07) is 1.82. The molecule has 0 amide bonds. The summed E-state index contributed by atoms with van der Waals surface area (Å²) >= 11 is 1.33. The van der Waals surface area contributed by atoms with Crippen LogP contribution in [0.3, 0.4) is 0 Å². The Morgan fingerprint density at radius 1 is 1.61 bits per heavy atom. The molecule has 0 aromatic carbocycles. The third kappa shape index (κ3) is 3.64. The first-order valence-corrected chi connectivity index (χ1v) is 7.96. The van der Waals surface area contributed by atoms with E-state index in [1.807, 2.05) is 0 Å². The molecule has 5 nitrogen and oxygen atoms in total. The second-order valence-electron chi connectivity index (χ2n) is 3.66. The zero-order valence-corrected chi connectivity index (χ0v) is 11.6. The number of halogens is 1. The second-order valence-corrected chi connectivity index (χ2v) is 6.36. The predicted molar refractivity (Wildman–Crippen MR) is 68.4 cm³/mol. The van der Waals surface area contributed by atoms with Gasteiger partial charge in [0.2, 0.25) is 5.03 Å². The zero-order valence-electron chi connectivity index (χ0n) is 10.00. The Morgan fingerprint density at radius 2 is 2.28 bits per heavy atom. The highest BCUT2D eigenvalue weighted by molar-refractivity contribution is 7.99. The molecular formula is C10H15FN2O3S2. The van der Waals surface area contributed by atoms with E-state index < -0.39 is 26.9 Å². The molecule has 0 saturated carbocycles. The zero-order chi connectivity index (χ0) is 13.8. The highest BCUT2D eigenvalue weighted by Crippen LogP contribution is 2.15. The highest BCUT2D eigenvalue weighted by atomic mass is 32.2. The largest absolute Gasteiger partial charge is 0.395 e. The van der Waals surface area contributed by atoms with Crippen molar-refractivity contribution in [2.45, 2.75) is 23.2 Å². The van der Waals surface area contributed by atoms with Gasteiger partial charge in [0, 0.05) is 17.5 Å². The van der Waals surface area contributed by atoms with Gasteiger partial charge in [-0.2, -0.15) is 11.8 Å². The molecular weight excluding hydrogens is 279 g/mol. The van der Waals surface area contributed by atoms with Crippen molar-refractivity contribution in [2.75, 3.05) is 12.9 Å². The average Bonchev–Trinajstić information content (AvgIpc) is 2.30. The van der Waals surface area contributed by atoms with Gasteiger partial charge >= 0.3 is 0 Å². The molecule has 2 N–H and O–H groups in total. The number of aromatic nitrogens is 1. The third-order valence-corrected chi connectivity index (χ3v) is 5.02. The minimum atomic E-state index is -4.02. The number of hydrogen-bond acceptors (Lipinski definition) is 5. The van der Waals surface area contributed by atoms with Gasteiger partial charge in [-0.05, 0) is 25.3 Å². The number of hydrogen-bond donors (Lipinski definition) is 2. The molecule has 102 valence electrons. The molecule has 1 heterocycles. The van der Waals surface area contributed by atoms with Crippen LogP contribution in [0.15, 0.2) is 23.4 Å². The van der Waals surface area contributed by atoms with Crippen LogP contribution >= 0.6 is 11.8 Å². The Balaban J connectivity index is 2.93. The van der Waals surface area contributed by atoms with Crippen molar-refractivity contribution < 1.29 is 17.9 Å². The molecule has 0 radical (unpaired) electrons. The van der Waals surface area contributed by atoms with Gasteiger partial charge in [0.1, 0.15) is 0 Å². The van der Waals surface area contributed by atoms with E-state index in [0.29, 0.717) is 0 Å². The maximum absolute atomic E-state index is 13.4. The van der Waals surface area contributed by atoms with Gasteiger partial charge in [-0.25, -0.2) is 22.5 Å². The van der Waals surface area contributed by atoms with Crippen molar-refractivity contribution in [1.29, 1.82) is 0 Å². The maximum atomic E-state index is 13.4. The lowest BCUT2D eigenvalue weighted by atomic mass is 10.3. The fraction of sp³-hybridized carbons (Fsp3) is 0.500. The van der Waals surface area contributed by atoms with Crippen LogP contribution in [0.4, 0.5) is 4.39 Å². The van der Waals surface area contributed by atoms with E-state index in [1.165, 1.54) is 24.0 Å². The first kappa shape index (κ1) is 15.4. The van der Waals surface area contributed by atoms with Crippen LogP contribution in [0.5, 0.6) is 0 Å². The normalized spacial score (nSPS) is 15.3. The minimum Gasteiger partial charge on any atom is -0.395 e. The highest BCUT2D eigenvalue weighted by Gasteiger charge is 2.26. The van der Waals surface area contributed by atoms with Crippen molar-refractivity contribution >= 4 is 21.8 Å². The SMILES string of the molecule is CSC(CO)C(C)NS(=O)(=O)c1ncccc1F. The third-order valence-electron chi connectivity index (χ3n) is 2.36. The fourth-order valence-electron chi connectivity index (χ4n) is 1.38. The second kappa shape index (κ2) is 6.46. The first-order valence-electron chi connectivity index (χ1n) is 5.19. The Morgan fingerprint density at radius 3 is 2.78 bits per heavy atom. The summed E-state index contributed by atoms with van der Waals surface area (Å²) in [6.45, 7) is 1.44. The molecule has 0 spiro atoms. The van der Waals surface area contributed by atoms with Crippen LogP contribution < -0.4 is 4.72 Å². The van der Waals surface area contributed by atoms with Crippen LogP contribution in [0.25, 0.3) is 0 Å². The summed E-state index contributed by atoms with van der Waals surface area (Å²) in [5, 5.41) is 8.14. The molecule has 1 aromatic heterocycles. The van der Waals surface area contributed by atoms with E-state index in [2.05, 4.69) is 9.71 Å². The van der Waals surface area contributed by atoms with Crippen molar-refractivity contribution in [3.63, 3.8) is 0 Å². The standard InChI is InChI=1S/C10H15FN2O3S2/c1-7(9(6-14)17-2)13-18(15,16)10-8(11)4-3-5-12-10/h3-5,7,9,13-14H,6H2,1-2H3. The van der Waals surface area contributed by atoms with E-state index in [4.69, 9.17) is 5.11 Å². The van der Waals surface area contributed by atoms with E-state index in [0.717, 1.165) is 6.07 Å². The average molecular weight is 294 g/mol. The number of sulfonamides is 1. The van der Waals surface area contributed by atoms with E-state index in [9.17, 15) is 12.8 Å². The lowest BCUT2D eigenvalue weighted by Crippen LogP contribution is -2.41. The number of thioether (sulfide) groups is 1. The van der Waals surface area contributed by atoms with Crippen molar-refractivity contribution in [1.82, 2.24) is 9.71 Å². The molecule has 18 heavy (non-hydrogen) atoms. The van der Waals surface area contributed by atoms with Crippen molar-refractivity contribution in [3.8, 4) is 0 Å². The topological polar surface area (TPSA) is 79.3 Å². The minimum absolute atomic E-state index is 0.171. The number of nitrogens with one attached hydrogen (secondary N) is 1. The van der Waals surface area contributed by atoms with Gasteiger partial charge < -0.3 is 5.11 Å². The molecule has 0 fully saturated rings. The van der Waals surface area contributed by atoms with Crippen LogP contribution in [0.1, 0.15) is 6.92 Å². The lowest BCUT2D eigenvalue weighted by Gasteiger charge is -2.20. The summed E-state index contributed by atoms with van der Waals surface area (Å²) in [7, 11) is -4.02. The molecule has 1 rings (SSSR count). The molecule has 1 aromatic rings. The summed E-state index contributed by atoms with van der Waals surface area (Å²) in [4.78, 5) is 3.52. The molecule has 0 saturated heterocycles. The lowest BCUT2D eigenvalue weighted by molar-refractivity contribution is 0.282. The number of pyridine rings is 1. The molecule has 2 atom stereocenters. The number of nitrogens with zero attached hydrogens (tertiary/aromatic N) is 1. The fourth-order valence-corrected chi connectivity index (χ4v) is 3.38. The van der Waals surface area contributed by atoms with Crippen molar-refractivity contribution in [3.05, 3.63) is 24.1 Å². The molecule has 0 aliphatic carbocycles. The molecule has 2 unspecified atom stereocenters. The smallest absolute Gasteiger partial charge is 0.261 e. The summed E-state index contributed by atoms with van der Waals surface area (Å²) in [5.41, 5.74) is 0. The quantitative estimate of drug-likeness (QED) is 0.803. The van der Waals surface area contributed by atoms with Crippen LogP contribution in [0.2, 0.25) is 0 Å². The van der Waals surface area contributed by atoms with Gasteiger partial charge in [-0.3, -0.25) is 0 Å². The predicted octanol–water partition coefficient (Wildman–Crippen LogP) is 0.611. The van der Waals surface area contributed by atoms with Crippen molar-refractivity contribution in [2.24, 2.45) is 0 Å². The van der Waals surface area contributed by atoms with Gasteiger partial charge in [-0.15, -0.1) is 0 Å². The summed E-state index contributed by atoms with van der Waals surface area (Å²) in [5.74, 6) is -0.901. The number of aliphatic hydroxyl groups is 1. The van der Waals surface area contributed by atoms with Gasteiger partial charge in [-0.1, -0.05) is 0 Å². The Bertz CT molecular complexity index is 492. The molecule has 0 aliphatic rings. The first-order chi connectivity index (χ1) is 8.42. The molecule has 0 aliphatic heterocycles.